The molecule has 0 saturated heterocycles. The molecule has 1 aliphatic carbocycles. The molecule has 2 nitrogen and oxygen atoms in total. The summed E-state index contributed by atoms with van der Waals surface area (Å²) in [7, 11) is 0. The van der Waals surface area contributed by atoms with Crippen molar-refractivity contribution in [3.63, 3.8) is 0 Å². The van der Waals surface area contributed by atoms with Crippen LogP contribution in [0.5, 0.6) is 11.5 Å². The number of ether oxygens (including phenoxy) is 1. The van der Waals surface area contributed by atoms with Gasteiger partial charge in [0, 0.05) is 28.1 Å². The summed E-state index contributed by atoms with van der Waals surface area (Å²) in [5.41, 5.74) is 17.4. The van der Waals surface area contributed by atoms with E-state index in [0.717, 1.165) is 28.6 Å². The van der Waals surface area contributed by atoms with Crippen LogP contribution in [0.3, 0.4) is 0 Å². The van der Waals surface area contributed by atoms with Gasteiger partial charge in [-0.25, -0.2) is 0 Å². The number of para-hydroxylation sites is 3. The SMILES string of the molecule is c1ccc(-c2cccc(N(c3ccc(-c4cccc5c4-c4ccccc4C54c5ccccc5Oc5ccccc54)cc3)c3ccccc3-c3ccccc3)c2)cc1. The summed E-state index contributed by atoms with van der Waals surface area (Å²) in [5, 5.41) is 0. The third kappa shape index (κ3) is 5.18. The predicted molar refractivity (Wildman–Crippen MR) is 235 cm³/mol. The molecule has 0 atom stereocenters. The fourth-order valence-electron chi connectivity index (χ4n) is 9.35. The standard InChI is InChI=1S/C55H37NO/c1-3-17-38(18-4-1)41-21-15-22-43(37-41)56(51-30-12-8-23-44(51)39-19-5-2-6-20-39)42-35-33-40(34-36-42)45-25-16-29-50-54(45)46-24-7-9-26-47(46)55(50)48-27-10-13-31-52(48)57-53-32-14-11-28-49(53)55/h1-37H. The molecule has 9 aromatic carbocycles. The normalized spacial score (nSPS) is 12.8. The molecule has 0 fully saturated rings. The quantitative estimate of drug-likeness (QED) is 0.169. The molecule has 0 N–H and O–H groups in total. The highest BCUT2D eigenvalue weighted by molar-refractivity contribution is 5.97. The Morgan fingerprint density at radius 2 is 0.825 bits per heavy atom. The van der Waals surface area contributed by atoms with Gasteiger partial charge in [-0.1, -0.05) is 182 Å². The van der Waals surface area contributed by atoms with E-state index >= 15 is 0 Å². The molecule has 0 radical (unpaired) electrons. The average Bonchev–Trinajstić information content (AvgIpc) is 3.58. The number of benzene rings is 9. The lowest BCUT2D eigenvalue weighted by molar-refractivity contribution is 0.436. The molecule has 0 aromatic heterocycles. The van der Waals surface area contributed by atoms with Crippen LogP contribution < -0.4 is 9.64 Å². The Labute approximate surface area is 333 Å². The van der Waals surface area contributed by atoms with Crippen LogP contribution in [-0.4, -0.2) is 0 Å². The number of rotatable bonds is 6. The van der Waals surface area contributed by atoms with Crippen molar-refractivity contribution in [1.82, 2.24) is 0 Å². The van der Waals surface area contributed by atoms with Crippen molar-refractivity contribution in [3.8, 4) is 56.0 Å². The Bertz CT molecular complexity index is 2890. The highest BCUT2D eigenvalue weighted by Crippen LogP contribution is 2.63. The summed E-state index contributed by atoms with van der Waals surface area (Å²) in [6.07, 6.45) is 0. The third-order valence-electron chi connectivity index (χ3n) is 11.7. The molecular weight excluding hydrogens is 691 g/mol. The van der Waals surface area contributed by atoms with Crippen LogP contribution in [-0.2, 0) is 5.41 Å². The molecule has 0 saturated carbocycles. The molecule has 1 heterocycles. The minimum absolute atomic E-state index is 0.505. The summed E-state index contributed by atoms with van der Waals surface area (Å²) in [6, 6.07) is 80.9. The summed E-state index contributed by atoms with van der Waals surface area (Å²) in [5.74, 6) is 1.81. The number of hydrogen-bond acceptors (Lipinski definition) is 2. The zero-order chi connectivity index (χ0) is 37.8. The van der Waals surface area contributed by atoms with Crippen molar-refractivity contribution < 1.29 is 4.74 Å². The number of nitrogens with zero attached hydrogens (tertiary/aromatic N) is 1. The van der Waals surface area contributed by atoms with Gasteiger partial charge >= 0.3 is 0 Å². The molecule has 57 heavy (non-hydrogen) atoms. The van der Waals surface area contributed by atoms with Crippen LogP contribution in [0.15, 0.2) is 224 Å². The van der Waals surface area contributed by atoms with E-state index in [9.17, 15) is 0 Å². The summed E-state index contributed by atoms with van der Waals surface area (Å²) in [4.78, 5) is 2.40. The van der Waals surface area contributed by atoms with Crippen LogP contribution in [0.25, 0.3) is 44.5 Å². The maximum Gasteiger partial charge on any atom is 0.132 e. The zero-order valence-corrected chi connectivity index (χ0v) is 31.2. The topological polar surface area (TPSA) is 12.5 Å². The number of fused-ring (bicyclic) bond motifs is 9. The van der Waals surface area contributed by atoms with E-state index in [2.05, 4.69) is 229 Å². The van der Waals surface area contributed by atoms with E-state index in [1.54, 1.807) is 0 Å². The molecule has 0 bridgehead atoms. The van der Waals surface area contributed by atoms with Crippen molar-refractivity contribution in [1.29, 1.82) is 0 Å². The van der Waals surface area contributed by atoms with Gasteiger partial charge in [-0.05, 0) is 92.5 Å². The van der Waals surface area contributed by atoms with Gasteiger partial charge in [0.05, 0.1) is 11.1 Å². The monoisotopic (exact) mass is 727 g/mol. The van der Waals surface area contributed by atoms with E-state index < -0.39 is 5.41 Å². The van der Waals surface area contributed by atoms with Crippen LogP contribution >= 0.6 is 0 Å². The number of anilines is 3. The van der Waals surface area contributed by atoms with Gasteiger partial charge in [0.25, 0.3) is 0 Å². The van der Waals surface area contributed by atoms with Crippen molar-refractivity contribution in [2.45, 2.75) is 5.41 Å². The smallest absolute Gasteiger partial charge is 0.132 e. The predicted octanol–water partition coefficient (Wildman–Crippen LogP) is 14.6. The van der Waals surface area contributed by atoms with Gasteiger partial charge in [0.1, 0.15) is 11.5 Å². The highest BCUT2D eigenvalue weighted by atomic mass is 16.5. The summed E-state index contributed by atoms with van der Waals surface area (Å²) >= 11 is 0. The largest absolute Gasteiger partial charge is 0.457 e. The molecule has 1 spiro atoms. The molecule has 11 rings (SSSR count). The molecule has 2 aliphatic rings. The summed E-state index contributed by atoms with van der Waals surface area (Å²) in [6.45, 7) is 0. The van der Waals surface area contributed by atoms with Gasteiger partial charge in [-0.15, -0.1) is 0 Å². The van der Waals surface area contributed by atoms with E-state index in [-0.39, 0.29) is 0 Å². The second kappa shape index (κ2) is 13.4. The van der Waals surface area contributed by atoms with Crippen molar-refractivity contribution in [3.05, 3.63) is 247 Å². The van der Waals surface area contributed by atoms with Crippen LogP contribution in [0, 0.1) is 0 Å². The molecule has 1 aliphatic heterocycles. The maximum atomic E-state index is 6.58. The first-order chi connectivity index (χ1) is 28.3. The van der Waals surface area contributed by atoms with Crippen LogP contribution in [0.1, 0.15) is 22.3 Å². The fraction of sp³-hybridized carbons (Fsp3) is 0.0182. The van der Waals surface area contributed by atoms with Crippen molar-refractivity contribution in [2.75, 3.05) is 4.90 Å². The number of hydrogen-bond donors (Lipinski definition) is 0. The minimum Gasteiger partial charge on any atom is -0.457 e. The first-order valence-corrected chi connectivity index (χ1v) is 19.6. The van der Waals surface area contributed by atoms with Crippen molar-refractivity contribution in [2.24, 2.45) is 0 Å². The third-order valence-corrected chi connectivity index (χ3v) is 11.7. The maximum absolute atomic E-state index is 6.58. The Morgan fingerprint density at radius 1 is 0.316 bits per heavy atom. The Morgan fingerprint density at radius 3 is 1.54 bits per heavy atom. The van der Waals surface area contributed by atoms with Crippen LogP contribution in [0.2, 0.25) is 0 Å². The van der Waals surface area contributed by atoms with Gasteiger partial charge in [-0.3, -0.25) is 0 Å². The molecule has 268 valence electrons. The van der Waals surface area contributed by atoms with Crippen LogP contribution in [0.4, 0.5) is 17.1 Å². The Kier molecular flexibility index (Phi) is 7.75. The lowest BCUT2D eigenvalue weighted by atomic mass is 9.66. The van der Waals surface area contributed by atoms with Gasteiger partial charge in [0.2, 0.25) is 0 Å². The minimum atomic E-state index is -0.505. The van der Waals surface area contributed by atoms with Gasteiger partial charge in [0.15, 0.2) is 0 Å². The molecule has 0 amide bonds. The first-order valence-electron chi connectivity index (χ1n) is 19.6. The lowest BCUT2D eigenvalue weighted by Crippen LogP contribution is -2.32. The van der Waals surface area contributed by atoms with E-state index in [4.69, 9.17) is 4.74 Å². The van der Waals surface area contributed by atoms with Gasteiger partial charge < -0.3 is 9.64 Å². The molecular formula is C55H37NO. The molecule has 0 unspecified atom stereocenters. The lowest BCUT2D eigenvalue weighted by Gasteiger charge is -2.39. The summed E-state index contributed by atoms with van der Waals surface area (Å²) < 4.78 is 6.58. The Hall–Kier alpha value is -7.42. The second-order valence-corrected chi connectivity index (χ2v) is 14.8. The average molecular weight is 728 g/mol. The highest BCUT2D eigenvalue weighted by Gasteiger charge is 2.51. The van der Waals surface area contributed by atoms with E-state index in [1.807, 2.05) is 0 Å². The van der Waals surface area contributed by atoms with E-state index in [0.29, 0.717) is 0 Å². The van der Waals surface area contributed by atoms with Crippen molar-refractivity contribution >= 4 is 17.1 Å². The first kappa shape index (κ1) is 33.0. The second-order valence-electron chi connectivity index (χ2n) is 14.8. The van der Waals surface area contributed by atoms with Gasteiger partial charge in [-0.2, -0.15) is 0 Å². The van der Waals surface area contributed by atoms with E-state index in [1.165, 1.54) is 66.8 Å². The molecule has 9 aromatic rings. The Balaban J connectivity index is 1.09. The zero-order valence-electron chi connectivity index (χ0n) is 31.2. The fourth-order valence-corrected chi connectivity index (χ4v) is 9.35. The molecule has 2 heteroatoms.